The number of nitrogens with zero attached hydrogens (tertiary/aromatic N) is 1. The van der Waals surface area contributed by atoms with Crippen LogP contribution in [0, 0.1) is 0 Å². The molecule has 1 amide bonds. The fourth-order valence-electron chi connectivity index (χ4n) is 1.96. The highest BCUT2D eigenvalue weighted by Gasteiger charge is 2.24. The van der Waals surface area contributed by atoms with Gasteiger partial charge in [0, 0.05) is 13.1 Å². The Labute approximate surface area is 109 Å². The number of hydrogen-bond acceptors (Lipinski definition) is 3. The van der Waals surface area contributed by atoms with Crippen molar-refractivity contribution in [1.29, 1.82) is 0 Å². The van der Waals surface area contributed by atoms with Gasteiger partial charge in [-0.05, 0) is 45.5 Å². The summed E-state index contributed by atoms with van der Waals surface area (Å²) in [5.41, 5.74) is 0. The number of thioether (sulfide) groups is 1. The van der Waals surface area contributed by atoms with Crippen molar-refractivity contribution in [3.05, 3.63) is 0 Å². The highest BCUT2D eigenvalue weighted by Crippen LogP contribution is 2.16. The van der Waals surface area contributed by atoms with E-state index in [0.29, 0.717) is 6.04 Å². The molecule has 1 heterocycles. The van der Waals surface area contributed by atoms with E-state index in [1.165, 1.54) is 6.42 Å². The standard InChI is InChI=1S/C11H22N2OS.ClH/c1-9(15-3)11(14)13(2)10-5-4-7-12-8-6-10;/h9-10,12H,4-8H2,1-3H3;1H. The second-order valence-corrected chi connectivity index (χ2v) is 5.34. The number of hydrogen-bond donors (Lipinski definition) is 1. The number of carbonyl (C=O) groups excluding carboxylic acids is 1. The normalized spacial score (nSPS) is 22.8. The maximum absolute atomic E-state index is 12.0. The number of halogens is 1. The molecule has 1 aliphatic rings. The molecule has 0 aliphatic carbocycles. The van der Waals surface area contributed by atoms with E-state index in [0.717, 1.165) is 25.9 Å². The largest absolute Gasteiger partial charge is 0.342 e. The van der Waals surface area contributed by atoms with E-state index in [2.05, 4.69) is 5.32 Å². The number of nitrogens with one attached hydrogen (secondary N) is 1. The van der Waals surface area contributed by atoms with Crippen LogP contribution in [-0.4, -0.2) is 48.5 Å². The van der Waals surface area contributed by atoms with Crippen molar-refractivity contribution in [2.24, 2.45) is 0 Å². The zero-order chi connectivity index (χ0) is 11.3. The summed E-state index contributed by atoms with van der Waals surface area (Å²) in [5, 5.41) is 3.46. The minimum Gasteiger partial charge on any atom is -0.342 e. The van der Waals surface area contributed by atoms with Gasteiger partial charge in [-0.25, -0.2) is 0 Å². The molecular formula is C11H23ClN2OS. The molecule has 1 aliphatic heterocycles. The first-order chi connectivity index (χ1) is 7.16. The van der Waals surface area contributed by atoms with Crippen molar-refractivity contribution < 1.29 is 4.79 Å². The molecular weight excluding hydrogens is 244 g/mol. The zero-order valence-electron chi connectivity index (χ0n) is 10.4. The van der Waals surface area contributed by atoms with Crippen molar-refractivity contribution >= 4 is 30.1 Å². The van der Waals surface area contributed by atoms with Gasteiger partial charge in [-0.1, -0.05) is 0 Å². The molecule has 0 radical (unpaired) electrons. The fourth-order valence-corrected chi connectivity index (χ4v) is 2.32. The summed E-state index contributed by atoms with van der Waals surface area (Å²) < 4.78 is 0. The van der Waals surface area contributed by atoms with Crippen LogP contribution in [0.15, 0.2) is 0 Å². The van der Waals surface area contributed by atoms with Crippen LogP contribution in [0.5, 0.6) is 0 Å². The Kier molecular flexibility index (Phi) is 8.24. The summed E-state index contributed by atoms with van der Waals surface area (Å²) >= 11 is 1.62. The van der Waals surface area contributed by atoms with Crippen LogP contribution >= 0.6 is 24.2 Å². The van der Waals surface area contributed by atoms with E-state index in [-0.39, 0.29) is 23.6 Å². The zero-order valence-corrected chi connectivity index (χ0v) is 12.0. The molecule has 5 heteroatoms. The molecule has 3 nitrogen and oxygen atoms in total. The highest BCUT2D eigenvalue weighted by atomic mass is 35.5. The fraction of sp³-hybridized carbons (Fsp3) is 0.909. The average Bonchev–Trinajstić information content (AvgIpc) is 2.54. The summed E-state index contributed by atoms with van der Waals surface area (Å²) in [5.74, 6) is 0.273. The number of rotatable bonds is 3. The van der Waals surface area contributed by atoms with Gasteiger partial charge in [-0.15, -0.1) is 12.4 Å². The summed E-state index contributed by atoms with van der Waals surface area (Å²) in [6.45, 7) is 4.12. The van der Waals surface area contributed by atoms with E-state index in [1.54, 1.807) is 11.8 Å². The molecule has 1 fully saturated rings. The molecule has 0 aromatic carbocycles. The second-order valence-electron chi connectivity index (χ2n) is 4.16. The quantitative estimate of drug-likeness (QED) is 0.845. The Hall–Kier alpha value is 0.0700. The van der Waals surface area contributed by atoms with Crippen LogP contribution in [0.3, 0.4) is 0 Å². The first-order valence-corrected chi connectivity index (χ1v) is 6.95. The summed E-state index contributed by atoms with van der Waals surface area (Å²) in [4.78, 5) is 13.9. The van der Waals surface area contributed by atoms with E-state index in [9.17, 15) is 4.79 Å². The first-order valence-electron chi connectivity index (χ1n) is 5.67. The lowest BCUT2D eigenvalue weighted by atomic mass is 10.1. The Balaban J connectivity index is 0.00000225. The molecule has 1 N–H and O–H groups in total. The van der Waals surface area contributed by atoms with E-state index < -0.39 is 0 Å². The molecule has 16 heavy (non-hydrogen) atoms. The van der Waals surface area contributed by atoms with E-state index in [4.69, 9.17) is 0 Å². The first kappa shape index (κ1) is 16.1. The SMILES string of the molecule is CSC(C)C(=O)N(C)C1CCCNCC1.Cl. The van der Waals surface area contributed by atoms with Gasteiger partial charge < -0.3 is 10.2 Å². The van der Waals surface area contributed by atoms with Gasteiger partial charge >= 0.3 is 0 Å². The predicted molar refractivity (Wildman–Crippen MR) is 73.5 cm³/mol. The molecule has 0 aromatic rings. The van der Waals surface area contributed by atoms with Crippen molar-refractivity contribution in [2.75, 3.05) is 26.4 Å². The highest BCUT2D eigenvalue weighted by molar-refractivity contribution is 7.99. The Morgan fingerprint density at radius 2 is 2.12 bits per heavy atom. The summed E-state index contributed by atoms with van der Waals surface area (Å²) in [6.07, 6.45) is 5.39. The second kappa shape index (κ2) is 8.20. The van der Waals surface area contributed by atoms with Crippen LogP contribution < -0.4 is 5.32 Å². The lowest BCUT2D eigenvalue weighted by molar-refractivity contribution is -0.131. The van der Waals surface area contributed by atoms with E-state index >= 15 is 0 Å². The molecule has 1 saturated heterocycles. The van der Waals surface area contributed by atoms with Gasteiger partial charge in [-0.3, -0.25) is 4.79 Å². The van der Waals surface area contributed by atoms with Crippen LogP contribution in [0.1, 0.15) is 26.2 Å². The smallest absolute Gasteiger partial charge is 0.235 e. The molecule has 0 spiro atoms. The van der Waals surface area contributed by atoms with Gasteiger partial charge in [0.1, 0.15) is 0 Å². The van der Waals surface area contributed by atoms with Crippen molar-refractivity contribution in [1.82, 2.24) is 10.2 Å². The third-order valence-electron chi connectivity index (χ3n) is 3.14. The molecule has 96 valence electrons. The maximum atomic E-state index is 12.0. The Morgan fingerprint density at radius 1 is 1.44 bits per heavy atom. The van der Waals surface area contributed by atoms with Crippen LogP contribution in [0.4, 0.5) is 0 Å². The van der Waals surface area contributed by atoms with Gasteiger partial charge in [0.25, 0.3) is 0 Å². The third-order valence-corrected chi connectivity index (χ3v) is 4.05. The molecule has 1 rings (SSSR count). The molecule has 2 atom stereocenters. The van der Waals surface area contributed by atoms with Gasteiger partial charge in [0.2, 0.25) is 5.91 Å². The minimum atomic E-state index is 0. The maximum Gasteiger partial charge on any atom is 0.235 e. The molecule has 0 saturated carbocycles. The summed E-state index contributed by atoms with van der Waals surface area (Å²) in [6, 6.07) is 0.432. The third kappa shape index (κ3) is 4.52. The lowest BCUT2D eigenvalue weighted by Crippen LogP contribution is -2.41. The topological polar surface area (TPSA) is 32.3 Å². The number of amides is 1. The lowest BCUT2D eigenvalue weighted by Gasteiger charge is -2.29. The molecule has 0 bridgehead atoms. The van der Waals surface area contributed by atoms with Crippen molar-refractivity contribution in [3.8, 4) is 0 Å². The molecule has 0 aromatic heterocycles. The molecule has 2 unspecified atom stereocenters. The van der Waals surface area contributed by atoms with E-state index in [1.807, 2.05) is 25.1 Å². The average molecular weight is 267 g/mol. The Bertz CT molecular complexity index is 208. The van der Waals surface area contributed by atoms with Crippen LogP contribution in [-0.2, 0) is 4.79 Å². The van der Waals surface area contributed by atoms with Crippen LogP contribution in [0.25, 0.3) is 0 Å². The monoisotopic (exact) mass is 266 g/mol. The van der Waals surface area contributed by atoms with Gasteiger partial charge in [0.15, 0.2) is 0 Å². The Morgan fingerprint density at radius 3 is 2.75 bits per heavy atom. The van der Waals surface area contributed by atoms with Gasteiger partial charge in [0.05, 0.1) is 5.25 Å². The van der Waals surface area contributed by atoms with Crippen molar-refractivity contribution in [2.45, 2.75) is 37.5 Å². The predicted octanol–water partition coefficient (Wildman–Crippen LogP) is 1.76. The van der Waals surface area contributed by atoms with Crippen LogP contribution in [0.2, 0.25) is 0 Å². The number of carbonyl (C=O) groups is 1. The van der Waals surface area contributed by atoms with Gasteiger partial charge in [-0.2, -0.15) is 11.8 Å². The minimum absolute atomic E-state index is 0. The van der Waals surface area contributed by atoms with Crippen molar-refractivity contribution in [3.63, 3.8) is 0 Å². The summed E-state index contributed by atoms with van der Waals surface area (Å²) in [7, 11) is 1.95.